The van der Waals surface area contributed by atoms with E-state index >= 15 is 0 Å². The summed E-state index contributed by atoms with van der Waals surface area (Å²) in [5.41, 5.74) is 0.593. The fourth-order valence-electron chi connectivity index (χ4n) is 0.783. The quantitative estimate of drug-likeness (QED) is 0.581. The predicted octanol–water partition coefficient (Wildman–Crippen LogP) is 0.742. The highest BCUT2D eigenvalue weighted by Crippen LogP contribution is 2.03. The molecular weight excluding hydrogens is 142 g/mol. The highest BCUT2D eigenvalue weighted by Gasteiger charge is 2.04. The third-order valence-electron chi connectivity index (χ3n) is 1.31. The van der Waals surface area contributed by atoms with Gasteiger partial charge >= 0.3 is 0 Å². The van der Waals surface area contributed by atoms with Gasteiger partial charge in [0.2, 0.25) is 6.29 Å². The molecule has 1 rings (SSSR count). The Kier molecular flexibility index (Phi) is 2.11. The molecule has 3 nitrogen and oxygen atoms in total. The van der Waals surface area contributed by atoms with Crippen molar-refractivity contribution in [3.8, 4) is 0 Å². The molecule has 0 aliphatic heterocycles. The second-order valence-electron chi connectivity index (χ2n) is 2.08. The molecule has 1 heterocycles. The standard InChI is InChI=1S/C8H6NO2/c1-6(11)8-2-3-9-4-7(8)5-10/h2-4H,1H3. The van der Waals surface area contributed by atoms with Crippen LogP contribution in [0.15, 0.2) is 18.5 Å². The number of hydrogen-bond donors (Lipinski definition) is 0. The number of ketones is 1. The number of hydrogen-bond acceptors (Lipinski definition) is 3. The van der Waals surface area contributed by atoms with Gasteiger partial charge in [0.25, 0.3) is 0 Å². The van der Waals surface area contributed by atoms with E-state index in [1.807, 2.05) is 0 Å². The van der Waals surface area contributed by atoms with E-state index < -0.39 is 0 Å². The number of carbonyl (C=O) groups excluding carboxylic acids is 2. The number of Topliss-reactive ketones (excluding diaryl/α,β-unsaturated/α-hetero) is 1. The van der Waals surface area contributed by atoms with Crippen LogP contribution in [0.4, 0.5) is 0 Å². The van der Waals surface area contributed by atoms with Crippen molar-refractivity contribution >= 4 is 12.1 Å². The molecule has 0 bridgehead atoms. The lowest BCUT2D eigenvalue weighted by Crippen LogP contribution is -1.98. The number of carbonyl (C=O) groups is 1. The SMILES string of the molecule is CC(=O)c1ccncc1[C]=O. The molecule has 1 aromatic heterocycles. The first-order valence-electron chi connectivity index (χ1n) is 3.09. The molecule has 0 aromatic carbocycles. The van der Waals surface area contributed by atoms with Crippen LogP contribution in [-0.4, -0.2) is 17.1 Å². The summed E-state index contributed by atoms with van der Waals surface area (Å²) in [5, 5.41) is 0. The van der Waals surface area contributed by atoms with E-state index in [9.17, 15) is 9.59 Å². The lowest BCUT2D eigenvalue weighted by Gasteiger charge is -1.95. The number of rotatable bonds is 2. The van der Waals surface area contributed by atoms with Gasteiger partial charge in [0.05, 0.1) is 5.56 Å². The van der Waals surface area contributed by atoms with Gasteiger partial charge in [0.15, 0.2) is 5.78 Å². The Labute approximate surface area is 64.1 Å². The Morgan fingerprint density at radius 2 is 2.36 bits per heavy atom. The van der Waals surface area contributed by atoms with Gasteiger partial charge in [-0.05, 0) is 13.0 Å². The third-order valence-corrected chi connectivity index (χ3v) is 1.31. The summed E-state index contributed by atoms with van der Waals surface area (Å²) in [6.07, 6.45) is 4.44. The fraction of sp³-hybridized carbons (Fsp3) is 0.125. The Morgan fingerprint density at radius 3 is 2.82 bits per heavy atom. The largest absolute Gasteiger partial charge is 0.294 e. The van der Waals surface area contributed by atoms with E-state index in [0.717, 1.165) is 0 Å². The second kappa shape index (κ2) is 3.05. The van der Waals surface area contributed by atoms with Crippen LogP contribution in [0.1, 0.15) is 22.8 Å². The lowest BCUT2D eigenvalue weighted by atomic mass is 10.1. The molecule has 0 amide bonds. The van der Waals surface area contributed by atoms with Crippen LogP contribution in [0, 0.1) is 0 Å². The topological polar surface area (TPSA) is 47.0 Å². The van der Waals surface area contributed by atoms with Gasteiger partial charge in [0.1, 0.15) is 0 Å². The zero-order valence-electron chi connectivity index (χ0n) is 6.00. The van der Waals surface area contributed by atoms with Crippen LogP contribution in [0.3, 0.4) is 0 Å². The normalized spacial score (nSPS) is 9.18. The van der Waals surface area contributed by atoms with Crippen molar-refractivity contribution in [2.75, 3.05) is 0 Å². The van der Waals surface area contributed by atoms with Gasteiger partial charge in [-0.1, -0.05) is 0 Å². The second-order valence-corrected chi connectivity index (χ2v) is 2.08. The average Bonchev–Trinajstić information content (AvgIpc) is 2.04. The summed E-state index contributed by atoms with van der Waals surface area (Å²) in [6, 6.07) is 1.50. The maximum atomic E-state index is 10.8. The first kappa shape index (κ1) is 7.60. The van der Waals surface area contributed by atoms with E-state index in [0.29, 0.717) is 5.56 Å². The van der Waals surface area contributed by atoms with E-state index in [1.165, 1.54) is 25.4 Å². The molecule has 0 aliphatic carbocycles. The summed E-state index contributed by atoms with van der Waals surface area (Å²) in [6.45, 7) is 1.40. The van der Waals surface area contributed by atoms with Crippen LogP contribution in [0.2, 0.25) is 0 Å². The van der Waals surface area contributed by atoms with Gasteiger partial charge in [0, 0.05) is 18.0 Å². The average molecular weight is 148 g/mol. The highest BCUT2D eigenvalue weighted by atomic mass is 16.1. The van der Waals surface area contributed by atoms with Crippen molar-refractivity contribution in [1.82, 2.24) is 4.98 Å². The summed E-state index contributed by atoms with van der Waals surface area (Å²) in [4.78, 5) is 24.7. The first-order valence-corrected chi connectivity index (χ1v) is 3.09. The molecule has 11 heavy (non-hydrogen) atoms. The van der Waals surface area contributed by atoms with Crippen LogP contribution in [0.5, 0.6) is 0 Å². The van der Waals surface area contributed by atoms with Gasteiger partial charge in [-0.25, -0.2) is 0 Å². The van der Waals surface area contributed by atoms with Crippen molar-refractivity contribution in [3.05, 3.63) is 29.6 Å². The maximum Gasteiger partial charge on any atom is 0.235 e. The molecule has 0 spiro atoms. The number of aromatic nitrogens is 1. The smallest absolute Gasteiger partial charge is 0.235 e. The van der Waals surface area contributed by atoms with Crippen LogP contribution in [0.25, 0.3) is 0 Å². The van der Waals surface area contributed by atoms with Gasteiger partial charge in [-0.3, -0.25) is 14.6 Å². The van der Waals surface area contributed by atoms with Crippen molar-refractivity contribution in [3.63, 3.8) is 0 Å². The summed E-state index contributed by atoms with van der Waals surface area (Å²) in [7, 11) is 0. The van der Waals surface area contributed by atoms with Crippen LogP contribution in [-0.2, 0) is 4.79 Å². The molecule has 1 aromatic rings. The number of pyridine rings is 1. The minimum atomic E-state index is -0.147. The van der Waals surface area contributed by atoms with E-state index in [-0.39, 0.29) is 11.3 Å². The Balaban J connectivity index is 3.22. The van der Waals surface area contributed by atoms with Gasteiger partial charge in [-0.15, -0.1) is 0 Å². The van der Waals surface area contributed by atoms with Gasteiger partial charge < -0.3 is 0 Å². The Morgan fingerprint density at radius 1 is 1.64 bits per heavy atom. The summed E-state index contributed by atoms with van der Waals surface area (Å²) < 4.78 is 0. The van der Waals surface area contributed by atoms with Crippen molar-refractivity contribution < 1.29 is 9.59 Å². The maximum absolute atomic E-state index is 10.8. The zero-order valence-corrected chi connectivity index (χ0v) is 6.00. The van der Waals surface area contributed by atoms with Crippen molar-refractivity contribution in [2.45, 2.75) is 6.92 Å². The highest BCUT2D eigenvalue weighted by molar-refractivity contribution is 6.01. The molecule has 0 unspecified atom stereocenters. The minimum Gasteiger partial charge on any atom is -0.294 e. The van der Waals surface area contributed by atoms with E-state index in [4.69, 9.17) is 0 Å². The van der Waals surface area contributed by atoms with Crippen LogP contribution >= 0.6 is 0 Å². The van der Waals surface area contributed by atoms with Gasteiger partial charge in [-0.2, -0.15) is 0 Å². The molecule has 0 fully saturated rings. The molecule has 0 atom stereocenters. The monoisotopic (exact) mass is 148 g/mol. The lowest BCUT2D eigenvalue weighted by molar-refractivity contribution is 0.101. The third kappa shape index (κ3) is 1.49. The summed E-state index contributed by atoms with van der Waals surface area (Å²) in [5.74, 6) is -0.147. The minimum absolute atomic E-state index is 0.147. The Hall–Kier alpha value is -1.51. The molecule has 0 saturated carbocycles. The fourth-order valence-corrected chi connectivity index (χ4v) is 0.783. The molecule has 3 heteroatoms. The zero-order chi connectivity index (χ0) is 8.27. The summed E-state index contributed by atoms with van der Waals surface area (Å²) >= 11 is 0. The van der Waals surface area contributed by atoms with Crippen LogP contribution < -0.4 is 0 Å². The van der Waals surface area contributed by atoms with E-state index in [1.54, 1.807) is 6.29 Å². The van der Waals surface area contributed by atoms with E-state index in [2.05, 4.69) is 4.98 Å². The predicted molar refractivity (Wildman–Crippen MR) is 39.0 cm³/mol. The number of nitrogens with zero attached hydrogens (tertiary/aromatic N) is 1. The molecular formula is C8H6NO2. The first-order chi connectivity index (χ1) is 5.25. The van der Waals surface area contributed by atoms with Crippen molar-refractivity contribution in [1.29, 1.82) is 0 Å². The molecule has 0 aliphatic rings. The molecule has 0 N–H and O–H groups in total. The molecule has 55 valence electrons. The molecule has 0 saturated heterocycles. The Bertz CT molecular complexity index is 294. The van der Waals surface area contributed by atoms with Crippen molar-refractivity contribution in [2.24, 2.45) is 0 Å². The molecule has 1 radical (unpaired) electrons.